The predicted molar refractivity (Wildman–Crippen MR) is 141 cm³/mol. The Morgan fingerprint density at radius 1 is 0.947 bits per heavy atom. The summed E-state index contributed by atoms with van der Waals surface area (Å²) in [6, 6.07) is 15.3. The normalized spacial score (nSPS) is 16.6. The maximum Gasteiger partial charge on any atom is 0.295 e. The summed E-state index contributed by atoms with van der Waals surface area (Å²) in [5.74, 6) is -0.569. The van der Waals surface area contributed by atoms with Crippen molar-refractivity contribution < 1.29 is 33.3 Å². The number of methoxy groups -OCH3 is 2. The molecule has 8 heteroatoms. The van der Waals surface area contributed by atoms with Gasteiger partial charge in [-0.3, -0.25) is 9.59 Å². The standard InChI is InChI=1S/C30H30FNO6/c1-5-38-23-12-9-21(16-18(23)2)28(33)26-27(20-8-13-24(36-3)25(17-20)37-4)32(30(35)29(26)34)15-14-19-6-10-22(31)11-7-19/h6-13,16-17,27,33H,5,14-15H2,1-4H3/b28-26-. The van der Waals surface area contributed by atoms with Crippen LogP contribution in [0.2, 0.25) is 0 Å². The highest BCUT2D eigenvalue weighted by Gasteiger charge is 2.46. The van der Waals surface area contributed by atoms with Crippen LogP contribution >= 0.6 is 0 Å². The number of hydrogen-bond donors (Lipinski definition) is 1. The number of likely N-dealkylation sites (tertiary alicyclic amines) is 1. The SMILES string of the molecule is CCOc1ccc(/C(O)=C2/C(=O)C(=O)N(CCc3ccc(F)cc3)C2c2ccc(OC)c(OC)c2)cc1C. The predicted octanol–water partition coefficient (Wildman–Crippen LogP) is 5.21. The molecule has 1 N–H and O–H groups in total. The lowest BCUT2D eigenvalue weighted by molar-refractivity contribution is -0.139. The van der Waals surface area contributed by atoms with Crippen LogP contribution in [0.15, 0.2) is 66.2 Å². The van der Waals surface area contributed by atoms with Gasteiger partial charge in [0.15, 0.2) is 11.5 Å². The lowest BCUT2D eigenvalue weighted by Crippen LogP contribution is -2.31. The first kappa shape index (κ1) is 26.7. The van der Waals surface area contributed by atoms with E-state index in [0.717, 1.165) is 11.1 Å². The molecule has 38 heavy (non-hydrogen) atoms. The maximum absolute atomic E-state index is 13.4. The molecule has 0 radical (unpaired) electrons. The fourth-order valence-corrected chi connectivity index (χ4v) is 4.65. The van der Waals surface area contributed by atoms with E-state index in [1.54, 1.807) is 48.5 Å². The van der Waals surface area contributed by atoms with Gasteiger partial charge in [0, 0.05) is 12.1 Å². The Kier molecular flexibility index (Phi) is 8.00. The fourth-order valence-electron chi connectivity index (χ4n) is 4.65. The maximum atomic E-state index is 13.4. The Morgan fingerprint density at radius 3 is 2.26 bits per heavy atom. The topological polar surface area (TPSA) is 85.3 Å². The molecule has 0 spiro atoms. The van der Waals surface area contributed by atoms with Crippen LogP contribution in [-0.4, -0.2) is 49.1 Å². The van der Waals surface area contributed by atoms with Crippen molar-refractivity contribution in [3.8, 4) is 17.2 Å². The molecule has 0 bridgehead atoms. The van der Waals surface area contributed by atoms with Gasteiger partial charge in [0.05, 0.1) is 32.4 Å². The van der Waals surface area contributed by atoms with Gasteiger partial charge in [0.2, 0.25) is 0 Å². The largest absolute Gasteiger partial charge is 0.507 e. The van der Waals surface area contributed by atoms with Gasteiger partial charge in [0.25, 0.3) is 11.7 Å². The summed E-state index contributed by atoms with van der Waals surface area (Å²) in [4.78, 5) is 28.1. The zero-order chi connectivity index (χ0) is 27.4. The molecule has 1 amide bonds. The summed E-state index contributed by atoms with van der Waals surface area (Å²) < 4.78 is 29.8. The number of carbonyl (C=O) groups excluding carboxylic acids is 2. The Labute approximate surface area is 221 Å². The van der Waals surface area contributed by atoms with E-state index in [1.807, 2.05) is 13.8 Å². The lowest BCUT2D eigenvalue weighted by Gasteiger charge is -2.26. The summed E-state index contributed by atoms with van der Waals surface area (Å²) in [7, 11) is 3.01. The number of aliphatic hydroxyl groups is 1. The smallest absolute Gasteiger partial charge is 0.295 e. The van der Waals surface area contributed by atoms with Gasteiger partial charge < -0.3 is 24.2 Å². The number of halogens is 1. The molecule has 1 unspecified atom stereocenters. The highest BCUT2D eigenvalue weighted by atomic mass is 19.1. The third kappa shape index (κ3) is 5.20. The molecule has 0 aliphatic carbocycles. The van der Waals surface area contributed by atoms with E-state index in [9.17, 15) is 19.1 Å². The van der Waals surface area contributed by atoms with Crippen molar-refractivity contribution in [1.29, 1.82) is 0 Å². The number of aliphatic hydroxyl groups excluding tert-OH is 1. The van der Waals surface area contributed by atoms with Crippen molar-refractivity contribution >= 4 is 17.4 Å². The summed E-state index contributed by atoms with van der Waals surface area (Å²) >= 11 is 0. The van der Waals surface area contributed by atoms with E-state index in [-0.39, 0.29) is 23.7 Å². The highest BCUT2D eigenvalue weighted by Crippen LogP contribution is 2.42. The number of ketones is 1. The second-order valence-corrected chi connectivity index (χ2v) is 8.90. The number of amides is 1. The minimum Gasteiger partial charge on any atom is -0.507 e. The first-order valence-corrected chi connectivity index (χ1v) is 12.3. The first-order valence-electron chi connectivity index (χ1n) is 12.3. The molecule has 3 aromatic rings. The molecule has 1 atom stereocenters. The number of rotatable bonds is 9. The molecule has 0 saturated carbocycles. The Bertz CT molecular complexity index is 1380. The third-order valence-corrected chi connectivity index (χ3v) is 6.57. The van der Waals surface area contributed by atoms with E-state index >= 15 is 0 Å². The van der Waals surface area contributed by atoms with Gasteiger partial charge in [-0.25, -0.2) is 4.39 Å². The molecule has 0 aromatic heterocycles. The molecule has 1 aliphatic heterocycles. The molecule has 1 fully saturated rings. The Hall–Kier alpha value is -4.33. The summed E-state index contributed by atoms with van der Waals surface area (Å²) in [5, 5.41) is 11.4. The zero-order valence-corrected chi connectivity index (χ0v) is 21.8. The van der Waals surface area contributed by atoms with Gasteiger partial charge in [-0.05, 0) is 79.4 Å². The van der Waals surface area contributed by atoms with Crippen LogP contribution in [-0.2, 0) is 16.0 Å². The number of aryl methyl sites for hydroxylation is 1. The molecular weight excluding hydrogens is 489 g/mol. The molecule has 198 valence electrons. The second kappa shape index (κ2) is 11.4. The van der Waals surface area contributed by atoms with Crippen LogP contribution in [0.3, 0.4) is 0 Å². The van der Waals surface area contributed by atoms with E-state index in [4.69, 9.17) is 14.2 Å². The van der Waals surface area contributed by atoms with E-state index in [2.05, 4.69) is 0 Å². The van der Waals surface area contributed by atoms with Gasteiger partial charge in [-0.1, -0.05) is 18.2 Å². The quantitative estimate of drug-likeness (QED) is 0.237. The lowest BCUT2D eigenvalue weighted by atomic mass is 9.94. The van der Waals surface area contributed by atoms with Crippen LogP contribution in [0, 0.1) is 12.7 Å². The van der Waals surface area contributed by atoms with Crippen LogP contribution < -0.4 is 14.2 Å². The van der Waals surface area contributed by atoms with Gasteiger partial charge >= 0.3 is 0 Å². The first-order chi connectivity index (χ1) is 18.3. The van der Waals surface area contributed by atoms with Crippen LogP contribution in [0.25, 0.3) is 5.76 Å². The molecule has 3 aromatic carbocycles. The Balaban J connectivity index is 1.81. The summed E-state index contributed by atoms with van der Waals surface area (Å²) in [6.07, 6.45) is 0.388. The minimum absolute atomic E-state index is 0.0233. The second-order valence-electron chi connectivity index (χ2n) is 8.90. The van der Waals surface area contributed by atoms with Crippen molar-refractivity contribution in [3.63, 3.8) is 0 Å². The van der Waals surface area contributed by atoms with Crippen LogP contribution in [0.5, 0.6) is 17.2 Å². The number of benzene rings is 3. The van der Waals surface area contributed by atoms with Crippen molar-refractivity contribution in [1.82, 2.24) is 4.90 Å². The average Bonchev–Trinajstić information content (AvgIpc) is 3.18. The van der Waals surface area contributed by atoms with E-state index in [0.29, 0.717) is 41.4 Å². The highest BCUT2D eigenvalue weighted by molar-refractivity contribution is 6.46. The number of nitrogens with zero attached hydrogens (tertiary/aromatic N) is 1. The monoisotopic (exact) mass is 519 g/mol. The van der Waals surface area contributed by atoms with E-state index < -0.39 is 17.7 Å². The molecule has 4 rings (SSSR count). The van der Waals surface area contributed by atoms with Gasteiger partial charge in [-0.15, -0.1) is 0 Å². The zero-order valence-electron chi connectivity index (χ0n) is 21.8. The van der Waals surface area contributed by atoms with Crippen LogP contribution in [0.1, 0.15) is 35.2 Å². The molecule has 1 heterocycles. The molecular formula is C30H30FNO6. The molecule has 7 nitrogen and oxygen atoms in total. The molecule has 1 saturated heterocycles. The van der Waals surface area contributed by atoms with Crippen LogP contribution in [0.4, 0.5) is 4.39 Å². The number of ether oxygens (including phenoxy) is 3. The van der Waals surface area contributed by atoms with Crippen molar-refractivity contribution in [3.05, 3.63) is 94.3 Å². The summed E-state index contributed by atoms with van der Waals surface area (Å²) in [5.41, 5.74) is 2.54. The third-order valence-electron chi connectivity index (χ3n) is 6.57. The van der Waals surface area contributed by atoms with Crippen molar-refractivity contribution in [2.75, 3.05) is 27.4 Å². The van der Waals surface area contributed by atoms with Crippen molar-refractivity contribution in [2.45, 2.75) is 26.3 Å². The average molecular weight is 520 g/mol. The molecule has 1 aliphatic rings. The Morgan fingerprint density at radius 2 is 1.63 bits per heavy atom. The van der Waals surface area contributed by atoms with Gasteiger partial charge in [0.1, 0.15) is 17.3 Å². The van der Waals surface area contributed by atoms with E-state index in [1.165, 1.54) is 31.3 Å². The summed E-state index contributed by atoms with van der Waals surface area (Å²) in [6.45, 7) is 4.39. The van der Waals surface area contributed by atoms with Gasteiger partial charge in [-0.2, -0.15) is 0 Å². The number of carbonyl (C=O) groups is 2. The van der Waals surface area contributed by atoms with Crippen molar-refractivity contribution in [2.24, 2.45) is 0 Å². The number of hydrogen-bond acceptors (Lipinski definition) is 6. The number of Topliss-reactive ketones (excluding diaryl/α,β-unsaturated/α-hetero) is 1. The fraction of sp³-hybridized carbons (Fsp3) is 0.267. The minimum atomic E-state index is -0.873.